The summed E-state index contributed by atoms with van der Waals surface area (Å²) in [5.74, 6) is 0. The van der Waals surface area contributed by atoms with Crippen LogP contribution in [0.1, 0.15) is 73.9 Å². The molecule has 0 heteroatoms. The Kier molecular flexibility index (Phi) is 4.30. The fourth-order valence-corrected chi connectivity index (χ4v) is 5.71. The first kappa shape index (κ1) is 19.6. The van der Waals surface area contributed by atoms with E-state index < -0.39 is 0 Å². The van der Waals surface area contributed by atoms with Crippen molar-refractivity contribution in [3.63, 3.8) is 0 Å². The molecule has 0 unspecified atom stereocenters. The molecule has 0 spiro atoms. The van der Waals surface area contributed by atoms with E-state index in [0.29, 0.717) is 0 Å². The van der Waals surface area contributed by atoms with E-state index in [-0.39, 0.29) is 10.8 Å². The average Bonchev–Trinajstić information content (AvgIpc) is 2.86. The highest BCUT2D eigenvalue weighted by Crippen LogP contribution is 2.47. The Balaban J connectivity index is 1.79. The van der Waals surface area contributed by atoms with Crippen LogP contribution >= 0.6 is 0 Å². The lowest BCUT2D eigenvalue weighted by molar-refractivity contribution is 0.485. The molecule has 0 aliphatic heterocycles. The third-order valence-electron chi connectivity index (χ3n) is 7.76. The van der Waals surface area contributed by atoms with Gasteiger partial charge in [-0.3, -0.25) is 0 Å². The SMILES string of the molecule is Cc1ccc2c(c1)-c1cc3c(cc1CCC2(C)C)-c1cc(C)ccc1C(C)(C)CC3. The fourth-order valence-electron chi connectivity index (χ4n) is 5.71. The summed E-state index contributed by atoms with van der Waals surface area (Å²) >= 11 is 0. The number of aryl methyl sites for hydroxylation is 4. The molecule has 5 rings (SSSR count). The van der Waals surface area contributed by atoms with E-state index in [9.17, 15) is 0 Å². The third kappa shape index (κ3) is 3.04. The van der Waals surface area contributed by atoms with Crippen LogP contribution in [0.15, 0.2) is 48.5 Å². The van der Waals surface area contributed by atoms with E-state index in [1.807, 2.05) is 0 Å². The molecule has 0 atom stereocenters. The zero-order valence-electron chi connectivity index (χ0n) is 19.4. The van der Waals surface area contributed by atoms with Gasteiger partial charge in [-0.05, 0) is 94.9 Å². The topological polar surface area (TPSA) is 0 Å². The zero-order valence-corrected chi connectivity index (χ0v) is 19.4. The molecule has 154 valence electrons. The fraction of sp³-hybridized carbons (Fsp3) is 0.400. The lowest BCUT2D eigenvalue weighted by atomic mass is 9.78. The number of hydrogen-bond acceptors (Lipinski definition) is 0. The first-order valence-corrected chi connectivity index (χ1v) is 11.5. The average molecular weight is 395 g/mol. The van der Waals surface area contributed by atoms with E-state index in [0.717, 1.165) is 12.8 Å². The minimum atomic E-state index is 0.204. The summed E-state index contributed by atoms with van der Waals surface area (Å²) in [7, 11) is 0. The number of fused-ring (bicyclic) bond motifs is 6. The van der Waals surface area contributed by atoms with Gasteiger partial charge in [0.25, 0.3) is 0 Å². The second kappa shape index (κ2) is 6.58. The van der Waals surface area contributed by atoms with Crippen molar-refractivity contribution in [2.24, 2.45) is 0 Å². The van der Waals surface area contributed by atoms with Gasteiger partial charge in [-0.2, -0.15) is 0 Å². The highest BCUT2D eigenvalue weighted by atomic mass is 14.4. The Bertz CT molecular complexity index is 1060. The van der Waals surface area contributed by atoms with Crippen molar-refractivity contribution in [3.8, 4) is 22.3 Å². The Morgan fingerprint density at radius 1 is 0.533 bits per heavy atom. The van der Waals surface area contributed by atoms with Crippen LogP contribution in [0.2, 0.25) is 0 Å². The normalized spacial score (nSPS) is 18.3. The molecule has 2 aliphatic rings. The number of rotatable bonds is 0. The molecule has 3 aromatic rings. The van der Waals surface area contributed by atoms with Crippen LogP contribution in [-0.4, -0.2) is 0 Å². The maximum atomic E-state index is 2.55. The molecule has 0 saturated carbocycles. The van der Waals surface area contributed by atoms with Crippen molar-refractivity contribution in [2.75, 3.05) is 0 Å². The molecule has 0 fully saturated rings. The summed E-state index contributed by atoms with van der Waals surface area (Å²) in [6.07, 6.45) is 4.68. The molecule has 2 aliphatic carbocycles. The second-order valence-electron chi connectivity index (χ2n) is 11.0. The van der Waals surface area contributed by atoms with Crippen LogP contribution in [-0.2, 0) is 23.7 Å². The van der Waals surface area contributed by atoms with Gasteiger partial charge in [0.05, 0.1) is 0 Å². The van der Waals surface area contributed by atoms with E-state index in [1.165, 1.54) is 68.5 Å². The molecule has 0 aromatic heterocycles. The lowest BCUT2D eigenvalue weighted by Gasteiger charge is -2.26. The van der Waals surface area contributed by atoms with Crippen molar-refractivity contribution in [1.82, 2.24) is 0 Å². The molecular formula is C30H34. The number of hydrogen-bond donors (Lipinski definition) is 0. The second-order valence-corrected chi connectivity index (χ2v) is 11.0. The van der Waals surface area contributed by atoms with Gasteiger partial charge in [0.2, 0.25) is 0 Å². The first-order chi connectivity index (χ1) is 14.2. The van der Waals surface area contributed by atoms with Gasteiger partial charge in [-0.1, -0.05) is 87.4 Å². The van der Waals surface area contributed by atoms with Crippen LogP contribution in [0.25, 0.3) is 22.3 Å². The molecule has 0 bridgehead atoms. The largest absolute Gasteiger partial charge is 0.0590 e. The Morgan fingerprint density at radius 3 is 1.33 bits per heavy atom. The maximum Gasteiger partial charge on any atom is -0.00942 e. The molecular weight excluding hydrogens is 360 g/mol. The van der Waals surface area contributed by atoms with Gasteiger partial charge >= 0.3 is 0 Å². The Labute approximate surface area is 182 Å². The maximum absolute atomic E-state index is 2.55. The monoisotopic (exact) mass is 394 g/mol. The van der Waals surface area contributed by atoms with E-state index in [2.05, 4.69) is 90.1 Å². The predicted octanol–water partition coefficient (Wildman–Crippen LogP) is 8.09. The molecule has 0 heterocycles. The molecule has 0 radical (unpaired) electrons. The summed E-state index contributed by atoms with van der Waals surface area (Å²) in [6, 6.07) is 19.3. The quantitative estimate of drug-likeness (QED) is 0.361. The molecule has 0 saturated heterocycles. The molecule has 0 amide bonds. The Hall–Kier alpha value is -2.34. The third-order valence-corrected chi connectivity index (χ3v) is 7.76. The van der Waals surface area contributed by atoms with Crippen molar-refractivity contribution < 1.29 is 0 Å². The summed E-state index contributed by atoms with van der Waals surface area (Å²) in [5, 5.41) is 0. The van der Waals surface area contributed by atoms with Crippen LogP contribution in [0.3, 0.4) is 0 Å². The van der Waals surface area contributed by atoms with Gasteiger partial charge in [-0.25, -0.2) is 0 Å². The van der Waals surface area contributed by atoms with Crippen molar-refractivity contribution in [1.29, 1.82) is 0 Å². The van der Waals surface area contributed by atoms with Gasteiger partial charge in [0.1, 0.15) is 0 Å². The van der Waals surface area contributed by atoms with E-state index >= 15 is 0 Å². The zero-order chi connectivity index (χ0) is 21.3. The summed E-state index contributed by atoms with van der Waals surface area (Å²) < 4.78 is 0. The van der Waals surface area contributed by atoms with Crippen molar-refractivity contribution in [2.45, 2.75) is 78.1 Å². The molecule has 0 nitrogen and oxygen atoms in total. The minimum absolute atomic E-state index is 0.204. The van der Waals surface area contributed by atoms with Crippen LogP contribution in [0.4, 0.5) is 0 Å². The van der Waals surface area contributed by atoms with Gasteiger partial charge < -0.3 is 0 Å². The van der Waals surface area contributed by atoms with E-state index in [4.69, 9.17) is 0 Å². The summed E-state index contributed by atoms with van der Waals surface area (Å²) in [5.41, 5.74) is 15.1. The summed E-state index contributed by atoms with van der Waals surface area (Å²) in [6.45, 7) is 14.1. The summed E-state index contributed by atoms with van der Waals surface area (Å²) in [4.78, 5) is 0. The minimum Gasteiger partial charge on any atom is -0.0590 e. The standard InChI is InChI=1S/C30H34/c1-19-7-9-27-25(15-19)23-17-22-12-14-30(5,6)28-10-8-20(2)16-26(28)24(22)18-21(23)11-13-29(27,3)4/h7-10,15-18H,11-14H2,1-6H3. The highest BCUT2D eigenvalue weighted by Gasteiger charge is 2.32. The van der Waals surface area contributed by atoms with Gasteiger partial charge in [0, 0.05) is 0 Å². The predicted molar refractivity (Wildman–Crippen MR) is 129 cm³/mol. The smallest absolute Gasteiger partial charge is 0.00942 e. The van der Waals surface area contributed by atoms with Crippen molar-refractivity contribution >= 4 is 0 Å². The first-order valence-electron chi connectivity index (χ1n) is 11.5. The number of benzene rings is 3. The Morgan fingerprint density at radius 2 is 0.933 bits per heavy atom. The lowest BCUT2D eigenvalue weighted by Crippen LogP contribution is -2.17. The van der Waals surface area contributed by atoms with E-state index in [1.54, 1.807) is 0 Å². The van der Waals surface area contributed by atoms with Gasteiger partial charge in [0.15, 0.2) is 0 Å². The van der Waals surface area contributed by atoms with Crippen LogP contribution in [0.5, 0.6) is 0 Å². The highest BCUT2D eigenvalue weighted by molar-refractivity contribution is 5.82. The molecule has 30 heavy (non-hydrogen) atoms. The molecule has 0 N–H and O–H groups in total. The van der Waals surface area contributed by atoms with Crippen molar-refractivity contribution in [3.05, 3.63) is 81.9 Å². The van der Waals surface area contributed by atoms with Gasteiger partial charge in [-0.15, -0.1) is 0 Å². The van der Waals surface area contributed by atoms with Crippen LogP contribution < -0.4 is 0 Å². The van der Waals surface area contributed by atoms with Crippen LogP contribution in [0, 0.1) is 13.8 Å². The molecule has 3 aromatic carbocycles.